The number of urea groups is 1. The largest absolute Gasteiger partial charge is 0.348 e. The van der Waals surface area contributed by atoms with Crippen molar-refractivity contribution in [2.75, 3.05) is 11.9 Å². The van der Waals surface area contributed by atoms with Crippen molar-refractivity contribution in [1.29, 1.82) is 0 Å². The van der Waals surface area contributed by atoms with E-state index < -0.39 is 0 Å². The number of carbonyl (C=O) groups is 1. The van der Waals surface area contributed by atoms with Gasteiger partial charge < -0.3 is 14.8 Å². The molecule has 1 N–H and O–H groups in total. The van der Waals surface area contributed by atoms with Crippen molar-refractivity contribution >= 4 is 11.7 Å². The van der Waals surface area contributed by atoms with E-state index in [2.05, 4.69) is 9.88 Å². The molecule has 1 aromatic heterocycles. The van der Waals surface area contributed by atoms with Crippen molar-refractivity contribution in [2.45, 2.75) is 26.4 Å². The highest BCUT2D eigenvalue weighted by atomic mass is 19.1. The number of para-hydroxylation sites is 1. The molecule has 0 unspecified atom stereocenters. The van der Waals surface area contributed by atoms with E-state index >= 15 is 0 Å². The highest BCUT2D eigenvalue weighted by Gasteiger charge is 2.32. The minimum absolute atomic E-state index is 0.172. The van der Waals surface area contributed by atoms with Crippen LogP contribution in [0.2, 0.25) is 0 Å². The van der Waals surface area contributed by atoms with Crippen molar-refractivity contribution in [3.05, 3.63) is 89.0 Å². The molecule has 0 saturated carbocycles. The molecule has 0 bridgehead atoms. The van der Waals surface area contributed by atoms with Crippen LogP contribution in [0, 0.1) is 19.7 Å². The standard InChI is InChI=1S/C22H22FN3O/c1-15-6-3-7-16(2)20(15)24-22(27)26-13-12-25-11-5-10-19(25)21(26)17-8-4-9-18(23)14-17/h3-11,14,21H,12-13H2,1-2H3,(H,24,27)/t21-/m0/s1. The first-order chi connectivity index (χ1) is 13.0. The Morgan fingerprint density at radius 1 is 1.04 bits per heavy atom. The molecule has 0 aliphatic carbocycles. The van der Waals surface area contributed by atoms with Crippen LogP contribution in [0.15, 0.2) is 60.8 Å². The predicted molar refractivity (Wildman–Crippen MR) is 104 cm³/mol. The van der Waals surface area contributed by atoms with Gasteiger partial charge in [0.15, 0.2) is 0 Å². The number of hydrogen-bond acceptors (Lipinski definition) is 1. The molecule has 138 valence electrons. The second kappa shape index (κ2) is 6.91. The van der Waals surface area contributed by atoms with Gasteiger partial charge in [0.2, 0.25) is 0 Å². The molecule has 1 aliphatic rings. The molecule has 0 spiro atoms. The first-order valence-corrected chi connectivity index (χ1v) is 9.09. The molecular formula is C22H22FN3O. The van der Waals surface area contributed by atoms with Crippen LogP contribution in [0.25, 0.3) is 0 Å². The van der Waals surface area contributed by atoms with Crippen LogP contribution >= 0.6 is 0 Å². The number of nitrogens with one attached hydrogen (secondary N) is 1. The Hall–Kier alpha value is -3.08. The molecule has 27 heavy (non-hydrogen) atoms. The van der Waals surface area contributed by atoms with Crippen molar-refractivity contribution in [3.8, 4) is 0 Å². The molecule has 1 aliphatic heterocycles. The van der Waals surface area contributed by atoms with Gasteiger partial charge >= 0.3 is 6.03 Å². The summed E-state index contributed by atoms with van der Waals surface area (Å²) in [6.45, 7) is 5.23. The van der Waals surface area contributed by atoms with E-state index in [0.717, 1.165) is 28.1 Å². The number of fused-ring (bicyclic) bond motifs is 1. The van der Waals surface area contributed by atoms with E-state index in [9.17, 15) is 9.18 Å². The van der Waals surface area contributed by atoms with E-state index in [1.165, 1.54) is 12.1 Å². The molecule has 0 saturated heterocycles. The van der Waals surface area contributed by atoms with Crippen LogP contribution in [0.5, 0.6) is 0 Å². The summed E-state index contributed by atoms with van der Waals surface area (Å²) in [7, 11) is 0. The smallest absolute Gasteiger partial charge is 0.322 e. The number of aromatic nitrogens is 1. The summed E-state index contributed by atoms with van der Waals surface area (Å²) in [5.74, 6) is -0.300. The Labute approximate surface area is 158 Å². The van der Waals surface area contributed by atoms with Crippen LogP contribution < -0.4 is 5.32 Å². The summed E-state index contributed by atoms with van der Waals surface area (Å²) in [5, 5.41) is 3.07. The number of benzene rings is 2. The van der Waals surface area contributed by atoms with Gasteiger partial charge in [-0.15, -0.1) is 0 Å². The Morgan fingerprint density at radius 3 is 2.52 bits per heavy atom. The highest BCUT2D eigenvalue weighted by molar-refractivity contribution is 5.91. The second-order valence-electron chi connectivity index (χ2n) is 6.97. The molecule has 0 fully saturated rings. The highest BCUT2D eigenvalue weighted by Crippen LogP contribution is 2.33. The molecule has 2 aromatic carbocycles. The van der Waals surface area contributed by atoms with Crippen molar-refractivity contribution in [1.82, 2.24) is 9.47 Å². The van der Waals surface area contributed by atoms with E-state index in [-0.39, 0.29) is 17.9 Å². The Morgan fingerprint density at radius 2 is 1.78 bits per heavy atom. The van der Waals surface area contributed by atoms with Gasteiger partial charge in [-0.1, -0.05) is 30.3 Å². The van der Waals surface area contributed by atoms with E-state index in [1.807, 2.05) is 56.4 Å². The lowest BCUT2D eigenvalue weighted by molar-refractivity contribution is 0.181. The van der Waals surface area contributed by atoms with Gasteiger partial charge in [0.1, 0.15) is 5.82 Å². The van der Waals surface area contributed by atoms with Gasteiger partial charge in [-0.25, -0.2) is 9.18 Å². The maximum atomic E-state index is 13.9. The Bertz CT molecular complexity index is 974. The second-order valence-corrected chi connectivity index (χ2v) is 6.97. The van der Waals surface area contributed by atoms with Crippen molar-refractivity contribution in [3.63, 3.8) is 0 Å². The normalized spacial score (nSPS) is 16.1. The lowest BCUT2D eigenvalue weighted by Crippen LogP contribution is -2.44. The molecule has 0 radical (unpaired) electrons. The third-order valence-corrected chi connectivity index (χ3v) is 5.18. The number of rotatable bonds is 2. The fourth-order valence-corrected chi connectivity index (χ4v) is 3.82. The zero-order valence-corrected chi connectivity index (χ0v) is 15.4. The Kier molecular flexibility index (Phi) is 4.44. The topological polar surface area (TPSA) is 37.3 Å². The van der Waals surface area contributed by atoms with Gasteiger partial charge in [-0.3, -0.25) is 0 Å². The lowest BCUT2D eigenvalue weighted by Gasteiger charge is -2.37. The summed E-state index contributed by atoms with van der Waals surface area (Å²) in [6.07, 6.45) is 2.00. The minimum Gasteiger partial charge on any atom is -0.348 e. The first kappa shape index (κ1) is 17.3. The van der Waals surface area contributed by atoms with Crippen LogP contribution in [0.3, 0.4) is 0 Å². The third kappa shape index (κ3) is 3.21. The SMILES string of the molecule is Cc1cccc(C)c1NC(=O)N1CCn2cccc2[C@@H]1c1cccc(F)c1. The minimum atomic E-state index is -0.325. The molecule has 2 heterocycles. The van der Waals surface area contributed by atoms with Gasteiger partial charge in [-0.2, -0.15) is 0 Å². The van der Waals surface area contributed by atoms with E-state index in [4.69, 9.17) is 0 Å². The van der Waals surface area contributed by atoms with Gasteiger partial charge in [0, 0.05) is 30.7 Å². The first-order valence-electron chi connectivity index (χ1n) is 9.09. The summed E-state index contributed by atoms with van der Waals surface area (Å²) < 4.78 is 16.0. The summed E-state index contributed by atoms with van der Waals surface area (Å²) in [6, 6.07) is 15.9. The lowest BCUT2D eigenvalue weighted by atomic mass is 10.00. The Balaban J connectivity index is 1.71. The predicted octanol–water partition coefficient (Wildman–Crippen LogP) is 4.88. The molecule has 4 rings (SSSR count). The van der Waals surface area contributed by atoms with E-state index in [1.54, 1.807) is 11.0 Å². The zero-order valence-electron chi connectivity index (χ0n) is 15.4. The van der Waals surface area contributed by atoms with Gasteiger partial charge in [0.25, 0.3) is 0 Å². The number of nitrogens with zero attached hydrogens (tertiary/aromatic N) is 2. The fraction of sp³-hybridized carbons (Fsp3) is 0.227. The maximum absolute atomic E-state index is 13.9. The number of carbonyl (C=O) groups excluding carboxylic acids is 1. The maximum Gasteiger partial charge on any atom is 0.322 e. The van der Waals surface area contributed by atoms with E-state index in [0.29, 0.717) is 13.1 Å². The zero-order chi connectivity index (χ0) is 19.0. The number of amides is 2. The summed E-state index contributed by atoms with van der Waals surface area (Å²) in [4.78, 5) is 15.0. The summed E-state index contributed by atoms with van der Waals surface area (Å²) >= 11 is 0. The number of halogens is 1. The van der Waals surface area contributed by atoms with Crippen molar-refractivity contribution < 1.29 is 9.18 Å². The average molecular weight is 363 g/mol. The molecule has 1 atom stereocenters. The molecule has 2 amide bonds. The molecule has 4 nitrogen and oxygen atoms in total. The molecular weight excluding hydrogens is 341 g/mol. The molecule has 3 aromatic rings. The van der Waals surface area contributed by atoms with Crippen molar-refractivity contribution in [2.24, 2.45) is 0 Å². The average Bonchev–Trinajstić information content (AvgIpc) is 3.12. The van der Waals surface area contributed by atoms with Crippen LogP contribution in [-0.4, -0.2) is 22.0 Å². The van der Waals surface area contributed by atoms with Crippen LogP contribution in [-0.2, 0) is 6.54 Å². The van der Waals surface area contributed by atoms with Gasteiger partial charge in [-0.05, 0) is 54.8 Å². The third-order valence-electron chi connectivity index (χ3n) is 5.18. The van der Waals surface area contributed by atoms with Crippen LogP contribution in [0.4, 0.5) is 14.9 Å². The fourth-order valence-electron chi connectivity index (χ4n) is 3.82. The number of aryl methyl sites for hydroxylation is 2. The van der Waals surface area contributed by atoms with Crippen LogP contribution in [0.1, 0.15) is 28.4 Å². The number of hydrogen-bond donors (Lipinski definition) is 1. The quantitative estimate of drug-likeness (QED) is 0.692. The molecule has 5 heteroatoms. The van der Waals surface area contributed by atoms with Gasteiger partial charge in [0.05, 0.1) is 6.04 Å². The number of anilines is 1. The summed E-state index contributed by atoms with van der Waals surface area (Å²) in [5.41, 5.74) is 4.63. The monoisotopic (exact) mass is 363 g/mol.